The quantitative estimate of drug-likeness (QED) is 0.422. The summed E-state index contributed by atoms with van der Waals surface area (Å²) in [6.45, 7) is 12.0. The van der Waals surface area contributed by atoms with Gasteiger partial charge in [-0.1, -0.05) is 12.2 Å². The van der Waals surface area contributed by atoms with Crippen molar-refractivity contribution < 1.29 is 14.3 Å². The van der Waals surface area contributed by atoms with Crippen LogP contribution in [0.4, 0.5) is 5.13 Å². The van der Waals surface area contributed by atoms with Crippen molar-refractivity contribution in [2.75, 3.05) is 18.5 Å². The first-order chi connectivity index (χ1) is 12.0. The zero-order valence-electron chi connectivity index (χ0n) is 14.4. The highest BCUT2D eigenvalue weighted by Crippen LogP contribution is 2.18. The first-order valence-corrected chi connectivity index (χ1v) is 8.64. The molecule has 0 fully saturated rings. The monoisotopic (exact) mass is 359 g/mol. The van der Waals surface area contributed by atoms with Crippen molar-refractivity contribution in [2.24, 2.45) is 0 Å². The maximum Gasteiger partial charge on any atom is 0.358 e. The number of thiazole rings is 1. The second-order valence-corrected chi connectivity index (χ2v) is 6.25. The molecule has 0 aromatic carbocycles. The summed E-state index contributed by atoms with van der Waals surface area (Å²) in [5.74, 6) is -0.854. The van der Waals surface area contributed by atoms with Crippen LogP contribution in [0, 0.1) is 13.8 Å². The second-order valence-electron chi connectivity index (χ2n) is 5.39. The Bertz CT molecular complexity index is 805. The van der Waals surface area contributed by atoms with Crippen LogP contribution < -0.4 is 5.32 Å². The highest BCUT2D eigenvalue weighted by atomic mass is 32.1. The summed E-state index contributed by atoms with van der Waals surface area (Å²) < 4.78 is 7.09. The fourth-order valence-electron chi connectivity index (χ4n) is 2.38. The van der Waals surface area contributed by atoms with E-state index >= 15 is 0 Å². The van der Waals surface area contributed by atoms with Gasteiger partial charge in [-0.05, 0) is 19.9 Å². The van der Waals surface area contributed by atoms with Gasteiger partial charge in [-0.2, -0.15) is 0 Å². The zero-order valence-corrected chi connectivity index (χ0v) is 15.2. The first kappa shape index (κ1) is 18.7. The van der Waals surface area contributed by atoms with Crippen LogP contribution in [0.15, 0.2) is 36.8 Å². The van der Waals surface area contributed by atoms with Crippen LogP contribution in [0.5, 0.6) is 0 Å². The van der Waals surface area contributed by atoms with Gasteiger partial charge in [0, 0.05) is 35.4 Å². The molecular weight excluding hydrogens is 338 g/mol. The largest absolute Gasteiger partial charge is 0.453 e. The van der Waals surface area contributed by atoms with E-state index in [1.165, 1.54) is 11.3 Å². The molecular formula is C18H21N3O3S. The zero-order chi connectivity index (χ0) is 18.4. The molecule has 25 heavy (non-hydrogen) atoms. The highest BCUT2D eigenvalue weighted by Gasteiger charge is 2.18. The average molecular weight is 359 g/mol. The van der Waals surface area contributed by atoms with E-state index in [1.807, 2.05) is 18.4 Å². The topological polar surface area (TPSA) is 73.2 Å². The number of allylic oxidation sites excluding steroid dienone is 1. The lowest BCUT2D eigenvalue weighted by molar-refractivity contribution is 0.0469. The van der Waals surface area contributed by atoms with Crippen LogP contribution in [0.1, 0.15) is 32.2 Å². The molecule has 0 spiro atoms. The van der Waals surface area contributed by atoms with Gasteiger partial charge in [-0.3, -0.25) is 4.79 Å². The van der Waals surface area contributed by atoms with Gasteiger partial charge in [0.05, 0.1) is 0 Å². The number of ketones is 1. The molecule has 6 nitrogen and oxygen atoms in total. The molecule has 0 amide bonds. The van der Waals surface area contributed by atoms with Crippen molar-refractivity contribution in [1.29, 1.82) is 0 Å². The number of rotatable bonds is 9. The number of Topliss-reactive ketones (excluding diaryl/α,β-unsaturated/α-hetero) is 1. The predicted molar refractivity (Wildman–Crippen MR) is 99.5 cm³/mol. The van der Waals surface area contributed by atoms with Crippen LogP contribution in [0.2, 0.25) is 0 Å². The number of ether oxygens (including phenoxy) is 1. The normalized spacial score (nSPS) is 10.3. The van der Waals surface area contributed by atoms with Crippen molar-refractivity contribution in [2.45, 2.75) is 20.4 Å². The van der Waals surface area contributed by atoms with Gasteiger partial charge >= 0.3 is 5.97 Å². The fourth-order valence-corrected chi connectivity index (χ4v) is 3.07. The molecule has 7 heteroatoms. The molecule has 2 rings (SSSR count). The summed E-state index contributed by atoms with van der Waals surface area (Å²) >= 11 is 1.29. The third-order valence-corrected chi connectivity index (χ3v) is 4.43. The fraction of sp³-hybridized carbons (Fsp3) is 0.278. The minimum atomic E-state index is -0.615. The van der Waals surface area contributed by atoms with E-state index in [4.69, 9.17) is 4.74 Å². The van der Waals surface area contributed by atoms with E-state index in [1.54, 1.807) is 23.6 Å². The second kappa shape index (κ2) is 8.43. The van der Waals surface area contributed by atoms with Gasteiger partial charge in [-0.25, -0.2) is 9.78 Å². The Morgan fingerprint density at radius 3 is 2.80 bits per heavy atom. The molecule has 0 saturated heterocycles. The molecule has 0 atom stereocenters. The van der Waals surface area contributed by atoms with Crippen LogP contribution in [-0.4, -0.2) is 34.5 Å². The maximum absolute atomic E-state index is 12.4. The van der Waals surface area contributed by atoms with Crippen LogP contribution >= 0.6 is 11.3 Å². The Balaban J connectivity index is 1.98. The van der Waals surface area contributed by atoms with Crippen molar-refractivity contribution in [1.82, 2.24) is 9.55 Å². The number of esters is 1. The number of aromatic nitrogens is 2. The number of carbonyl (C=O) groups excluding carboxylic acids is 2. The number of hydrogen-bond acceptors (Lipinski definition) is 6. The molecule has 0 saturated carbocycles. The van der Waals surface area contributed by atoms with E-state index < -0.39 is 5.97 Å². The molecule has 0 aliphatic carbocycles. The number of aryl methyl sites for hydroxylation is 1. The van der Waals surface area contributed by atoms with Crippen LogP contribution in [-0.2, 0) is 11.3 Å². The Labute approximate surface area is 150 Å². The van der Waals surface area contributed by atoms with Crippen molar-refractivity contribution in [3.05, 3.63) is 59.4 Å². The predicted octanol–water partition coefficient (Wildman–Crippen LogP) is 3.39. The molecule has 0 unspecified atom stereocenters. The maximum atomic E-state index is 12.4. The Morgan fingerprint density at radius 1 is 1.36 bits per heavy atom. The number of hydrogen-bond donors (Lipinski definition) is 1. The van der Waals surface area contributed by atoms with E-state index in [-0.39, 0.29) is 18.1 Å². The standard InChI is InChI=1S/C18H21N3O3S/c1-5-7-19-18-20-15(11-25-18)17(23)24-10-16(22)14-9-12(3)21(8-6-2)13(14)4/h5-6,9,11H,1-2,7-8,10H2,3-4H3,(H,19,20). The smallest absolute Gasteiger partial charge is 0.358 e. The third-order valence-electron chi connectivity index (χ3n) is 3.63. The highest BCUT2D eigenvalue weighted by molar-refractivity contribution is 7.13. The van der Waals surface area contributed by atoms with Gasteiger partial charge in [0.2, 0.25) is 5.78 Å². The number of nitrogens with zero attached hydrogens (tertiary/aromatic N) is 2. The lowest BCUT2D eigenvalue weighted by Crippen LogP contribution is -2.15. The average Bonchev–Trinajstić information content (AvgIpc) is 3.18. The molecule has 2 aromatic heterocycles. The summed E-state index contributed by atoms with van der Waals surface area (Å²) in [5, 5.41) is 5.19. The minimum Gasteiger partial charge on any atom is -0.453 e. The lowest BCUT2D eigenvalue weighted by Gasteiger charge is -2.06. The summed E-state index contributed by atoms with van der Waals surface area (Å²) in [7, 11) is 0. The lowest BCUT2D eigenvalue weighted by atomic mass is 10.1. The molecule has 0 radical (unpaired) electrons. The summed E-state index contributed by atoms with van der Waals surface area (Å²) in [6.07, 6.45) is 3.47. The van der Waals surface area contributed by atoms with Gasteiger partial charge in [0.1, 0.15) is 0 Å². The van der Waals surface area contributed by atoms with E-state index in [2.05, 4.69) is 23.5 Å². The summed E-state index contributed by atoms with van der Waals surface area (Å²) in [5.41, 5.74) is 2.53. The van der Waals surface area contributed by atoms with Gasteiger partial charge in [0.25, 0.3) is 0 Å². The molecule has 1 N–H and O–H groups in total. The summed E-state index contributed by atoms with van der Waals surface area (Å²) in [6, 6.07) is 1.80. The number of anilines is 1. The van der Waals surface area contributed by atoms with Gasteiger partial charge in [0.15, 0.2) is 17.4 Å². The van der Waals surface area contributed by atoms with E-state index in [0.29, 0.717) is 23.8 Å². The molecule has 0 bridgehead atoms. The first-order valence-electron chi connectivity index (χ1n) is 7.76. The Morgan fingerprint density at radius 2 is 2.12 bits per heavy atom. The molecule has 2 aromatic rings. The molecule has 2 heterocycles. The van der Waals surface area contributed by atoms with Gasteiger partial charge in [-0.15, -0.1) is 24.5 Å². The Hall–Kier alpha value is -2.67. The molecule has 132 valence electrons. The van der Waals surface area contributed by atoms with Crippen molar-refractivity contribution in [3.8, 4) is 0 Å². The van der Waals surface area contributed by atoms with Crippen molar-refractivity contribution in [3.63, 3.8) is 0 Å². The minimum absolute atomic E-state index is 0.182. The summed E-state index contributed by atoms with van der Waals surface area (Å²) in [4.78, 5) is 28.5. The SMILES string of the molecule is C=CCNc1nc(C(=O)OCC(=O)c2cc(C)n(CC=C)c2C)cs1. The molecule has 0 aliphatic heterocycles. The number of carbonyl (C=O) groups is 2. The van der Waals surface area contributed by atoms with Crippen LogP contribution in [0.3, 0.4) is 0 Å². The third kappa shape index (κ3) is 4.45. The van der Waals surface area contributed by atoms with Crippen molar-refractivity contribution >= 4 is 28.2 Å². The van der Waals surface area contributed by atoms with Crippen LogP contribution in [0.25, 0.3) is 0 Å². The van der Waals surface area contributed by atoms with E-state index in [9.17, 15) is 9.59 Å². The van der Waals surface area contributed by atoms with E-state index in [0.717, 1.165) is 11.4 Å². The van der Waals surface area contributed by atoms with Gasteiger partial charge < -0.3 is 14.6 Å². The number of nitrogens with one attached hydrogen (secondary N) is 1. The molecule has 0 aliphatic rings. The Kier molecular flexibility index (Phi) is 6.30.